The van der Waals surface area contributed by atoms with Crippen LogP contribution in [0.3, 0.4) is 0 Å². The van der Waals surface area contributed by atoms with Crippen molar-refractivity contribution in [2.75, 3.05) is 0 Å². The molecule has 3 aliphatic carbocycles. The van der Waals surface area contributed by atoms with E-state index in [1.807, 2.05) is 0 Å². The molecule has 0 nitrogen and oxygen atoms in total. The molecule has 0 spiro atoms. The molecule has 0 unspecified atom stereocenters. The lowest BCUT2D eigenvalue weighted by Crippen LogP contribution is -2.65. The van der Waals surface area contributed by atoms with Gasteiger partial charge in [-0.25, -0.2) is 0 Å². The van der Waals surface area contributed by atoms with Crippen LogP contribution < -0.4 is 15.6 Å². The van der Waals surface area contributed by atoms with Crippen LogP contribution >= 0.6 is 0 Å². The molecule has 0 fully saturated rings. The fraction of sp³-hybridized carbons (Fsp3) is 0.438. The van der Waals surface area contributed by atoms with Gasteiger partial charge < -0.3 is 0 Å². The second kappa shape index (κ2) is 17.0. The standard InChI is InChI=1S/C64H78Si/c1-41(2)35-62(36-42(3)4)56-23-17-14-20-50(56)53-29-26-47(32-59(53)62)65(13,48-27-30-54-51-21-15-18-24-57(51)63(37-43(5)6,38-44(7)8)60(54)33-48)49-28-31-55-52-22-16-19-25-58(52)64(39-45(9)10,40-46(11)12)61(55)34-49/h14-34,41-46H,35-40H2,1-13H3. The third kappa shape index (κ3) is 7.37. The fourth-order valence-electron chi connectivity index (χ4n) is 14.6. The molecule has 1 heteroatoms. The van der Waals surface area contributed by atoms with Gasteiger partial charge in [-0.2, -0.15) is 0 Å². The molecule has 0 aromatic heterocycles. The van der Waals surface area contributed by atoms with E-state index in [2.05, 4.69) is 217 Å². The van der Waals surface area contributed by atoms with Gasteiger partial charge in [-0.3, -0.25) is 0 Å². The van der Waals surface area contributed by atoms with E-state index in [4.69, 9.17) is 0 Å². The average molecular weight is 875 g/mol. The predicted octanol–water partition coefficient (Wildman–Crippen LogP) is 15.9. The molecule has 0 amide bonds. The maximum atomic E-state index is 2.78. The predicted molar refractivity (Wildman–Crippen MR) is 285 cm³/mol. The van der Waals surface area contributed by atoms with Gasteiger partial charge in [-0.15, -0.1) is 0 Å². The topological polar surface area (TPSA) is 0 Å². The summed E-state index contributed by atoms with van der Waals surface area (Å²) in [6.07, 6.45) is 6.95. The Bertz CT molecular complexity index is 2390. The smallest absolute Gasteiger partial charge is 0.0627 e. The summed E-state index contributed by atoms with van der Waals surface area (Å²) < 4.78 is 0. The zero-order chi connectivity index (χ0) is 46.2. The maximum Gasteiger partial charge on any atom is 0.145 e. The third-order valence-corrected chi connectivity index (χ3v) is 20.5. The monoisotopic (exact) mass is 875 g/mol. The van der Waals surface area contributed by atoms with Crippen LogP contribution in [-0.2, 0) is 16.2 Å². The first-order chi connectivity index (χ1) is 30.9. The van der Waals surface area contributed by atoms with E-state index in [1.54, 1.807) is 48.9 Å². The van der Waals surface area contributed by atoms with Crippen molar-refractivity contribution in [3.8, 4) is 33.4 Å². The third-order valence-electron chi connectivity index (χ3n) is 16.1. The SMILES string of the molecule is CC(C)CC1(CC(C)C)c2ccccc2-c2ccc([Si](C)(c3ccc4c(c3)C(CC(C)C)(CC(C)C)c3ccccc3-4)c3ccc4c(c3)C(CC(C)C)(CC(C)C)c3ccccc3-4)cc21. The zero-order valence-electron chi connectivity index (χ0n) is 42.3. The molecule has 0 saturated heterocycles. The van der Waals surface area contributed by atoms with Gasteiger partial charge in [0, 0.05) is 16.2 Å². The lowest BCUT2D eigenvalue weighted by molar-refractivity contribution is 0.337. The Kier molecular flexibility index (Phi) is 11.9. The van der Waals surface area contributed by atoms with Crippen molar-refractivity contribution in [1.82, 2.24) is 0 Å². The quantitative estimate of drug-likeness (QED) is 0.0712. The van der Waals surface area contributed by atoms with Gasteiger partial charge >= 0.3 is 0 Å². The highest BCUT2D eigenvalue weighted by atomic mass is 28.3. The van der Waals surface area contributed by atoms with Gasteiger partial charge in [-0.05, 0) is 156 Å². The molecule has 0 atom stereocenters. The Morgan fingerprint density at radius 3 is 0.738 bits per heavy atom. The zero-order valence-corrected chi connectivity index (χ0v) is 43.3. The second-order valence-electron chi connectivity index (χ2n) is 23.9. The largest absolute Gasteiger partial charge is 0.145 e. The molecule has 65 heavy (non-hydrogen) atoms. The van der Waals surface area contributed by atoms with Crippen LogP contribution in [0.15, 0.2) is 127 Å². The molecule has 6 aromatic carbocycles. The Morgan fingerprint density at radius 2 is 0.508 bits per heavy atom. The molecule has 9 rings (SSSR count). The summed E-state index contributed by atoms with van der Waals surface area (Å²) in [4.78, 5) is 0. The van der Waals surface area contributed by atoms with Crippen LogP contribution in [0, 0.1) is 35.5 Å². The van der Waals surface area contributed by atoms with E-state index in [-0.39, 0.29) is 16.2 Å². The summed E-state index contributed by atoms with van der Waals surface area (Å²) in [6, 6.07) is 52.2. The first kappa shape index (κ1) is 45.7. The first-order valence-corrected chi connectivity index (χ1v) is 28.2. The van der Waals surface area contributed by atoms with Crippen molar-refractivity contribution < 1.29 is 0 Å². The molecule has 6 aromatic rings. The summed E-state index contributed by atoms with van der Waals surface area (Å²) in [7, 11) is -2.74. The molecule has 0 heterocycles. The highest BCUT2D eigenvalue weighted by Crippen LogP contribution is 2.58. The van der Waals surface area contributed by atoms with Crippen molar-refractivity contribution in [3.05, 3.63) is 161 Å². The minimum Gasteiger partial charge on any atom is -0.0627 e. The van der Waals surface area contributed by atoms with Crippen LogP contribution in [0.4, 0.5) is 0 Å². The molecular weight excluding hydrogens is 797 g/mol. The normalized spacial score (nSPS) is 16.1. The minimum absolute atomic E-state index is 0.0217. The van der Waals surface area contributed by atoms with Gasteiger partial charge in [0.1, 0.15) is 8.07 Å². The molecule has 0 saturated carbocycles. The number of rotatable bonds is 15. The van der Waals surface area contributed by atoms with E-state index >= 15 is 0 Å². The molecule has 0 aliphatic heterocycles. The van der Waals surface area contributed by atoms with Crippen LogP contribution in [0.1, 0.15) is 155 Å². The summed E-state index contributed by atoms with van der Waals surface area (Å²) >= 11 is 0. The second-order valence-corrected chi connectivity index (χ2v) is 27.9. The van der Waals surface area contributed by atoms with Gasteiger partial charge in [0.05, 0.1) is 0 Å². The van der Waals surface area contributed by atoms with Crippen LogP contribution in [0.2, 0.25) is 6.55 Å². The molecule has 0 N–H and O–H groups in total. The van der Waals surface area contributed by atoms with E-state index < -0.39 is 8.07 Å². The lowest BCUT2D eigenvalue weighted by Gasteiger charge is -2.39. The summed E-state index contributed by atoms with van der Waals surface area (Å²) in [5.41, 5.74) is 18.0. The van der Waals surface area contributed by atoms with Crippen molar-refractivity contribution in [2.24, 2.45) is 35.5 Å². The van der Waals surface area contributed by atoms with Crippen LogP contribution in [0.25, 0.3) is 33.4 Å². The number of hydrogen-bond donors (Lipinski definition) is 0. The Balaban J connectivity index is 1.35. The van der Waals surface area contributed by atoms with Gasteiger partial charge in [0.2, 0.25) is 0 Å². The molecule has 0 bridgehead atoms. The van der Waals surface area contributed by atoms with Crippen molar-refractivity contribution in [3.63, 3.8) is 0 Å². The van der Waals surface area contributed by atoms with E-state index in [0.717, 1.165) is 38.5 Å². The summed E-state index contributed by atoms with van der Waals surface area (Å²) in [5, 5.41) is 4.63. The maximum absolute atomic E-state index is 2.78. The van der Waals surface area contributed by atoms with Gasteiger partial charge in [-0.1, -0.05) is 217 Å². The van der Waals surface area contributed by atoms with Crippen molar-refractivity contribution in [2.45, 2.75) is 144 Å². The van der Waals surface area contributed by atoms with E-state index in [1.165, 1.54) is 33.4 Å². The van der Waals surface area contributed by atoms with E-state index in [9.17, 15) is 0 Å². The first-order valence-electron chi connectivity index (χ1n) is 25.7. The van der Waals surface area contributed by atoms with Crippen molar-refractivity contribution in [1.29, 1.82) is 0 Å². The Morgan fingerprint density at radius 1 is 0.292 bits per heavy atom. The summed E-state index contributed by atoms with van der Waals surface area (Å²) in [6.45, 7) is 32.0. The lowest BCUT2D eigenvalue weighted by atomic mass is 9.68. The molecule has 3 aliphatic rings. The molecule has 338 valence electrons. The summed E-state index contributed by atoms with van der Waals surface area (Å²) in [5.74, 6) is 3.43. The number of fused-ring (bicyclic) bond motifs is 9. The number of hydrogen-bond acceptors (Lipinski definition) is 0. The highest BCUT2D eigenvalue weighted by Gasteiger charge is 2.49. The minimum atomic E-state index is -2.74. The van der Waals surface area contributed by atoms with Gasteiger partial charge in [0.25, 0.3) is 0 Å². The Labute approximate surface area is 395 Å². The van der Waals surface area contributed by atoms with Crippen LogP contribution in [-0.4, -0.2) is 8.07 Å². The number of benzene rings is 6. The average Bonchev–Trinajstić information content (AvgIpc) is 3.77. The molecular formula is C64H78Si. The highest BCUT2D eigenvalue weighted by molar-refractivity contribution is 7.10. The van der Waals surface area contributed by atoms with E-state index in [0.29, 0.717) is 35.5 Å². The van der Waals surface area contributed by atoms with Crippen molar-refractivity contribution >= 4 is 23.6 Å². The van der Waals surface area contributed by atoms with Crippen LogP contribution in [0.5, 0.6) is 0 Å². The van der Waals surface area contributed by atoms with Gasteiger partial charge in [0.15, 0.2) is 0 Å². The molecule has 0 radical (unpaired) electrons. The fourth-order valence-corrected chi connectivity index (χ4v) is 18.1. The Hall–Kier alpha value is -4.46.